The van der Waals surface area contributed by atoms with E-state index >= 15 is 0 Å². The van der Waals surface area contributed by atoms with Crippen molar-refractivity contribution in [1.29, 1.82) is 0 Å². The molecule has 0 aromatic heterocycles. The monoisotopic (exact) mass is 432 g/mol. The van der Waals surface area contributed by atoms with E-state index in [4.69, 9.17) is 9.47 Å². The maximum atomic E-state index is 12.7. The molecule has 1 heterocycles. The van der Waals surface area contributed by atoms with Crippen molar-refractivity contribution < 1.29 is 19.1 Å². The van der Waals surface area contributed by atoms with Crippen LogP contribution >= 0.6 is 15.9 Å². The molecule has 2 fully saturated rings. The molecule has 6 nitrogen and oxygen atoms in total. The average molecular weight is 433 g/mol. The van der Waals surface area contributed by atoms with Crippen LogP contribution < -0.4 is 9.47 Å². The molecule has 1 aromatic rings. The predicted octanol–water partition coefficient (Wildman–Crippen LogP) is 3.39. The second-order valence-corrected chi connectivity index (χ2v) is 7.77. The van der Waals surface area contributed by atoms with Crippen LogP contribution in [0.1, 0.15) is 25.8 Å². The third kappa shape index (κ3) is 2.98. The Hall–Kier alpha value is -2.15. The molecule has 0 spiro atoms. The first-order valence-electron chi connectivity index (χ1n) is 9.24. The van der Waals surface area contributed by atoms with Gasteiger partial charge in [-0.05, 0) is 54.1 Å². The zero-order valence-corrected chi connectivity index (χ0v) is 16.8. The van der Waals surface area contributed by atoms with Crippen LogP contribution in [-0.2, 0) is 9.59 Å². The third-order valence-electron chi connectivity index (χ3n) is 5.42. The Morgan fingerprint density at radius 3 is 2.26 bits per heavy atom. The Bertz CT molecular complexity index is 821. The number of imide groups is 1. The molecule has 27 heavy (non-hydrogen) atoms. The minimum atomic E-state index is -0.247. The fraction of sp³-hybridized carbons (Fsp3) is 0.450. The Kier molecular flexibility index (Phi) is 4.80. The third-order valence-corrected chi connectivity index (χ3v) is 6.04. The number of hydrogen-bond donors (Lipinski definition) is 0. The van der Waals surface area contributed by atoms with Crippen molar-refractivity contribution in [2.24, 2.45) is 28.8 Å². The van der Waals surface area contributed by atoms with Crippen LogP contribution in [0.5, 0.6) is 11.5 Å². The van der Waals surface area contributed by atoms with E-state index in [0.717, 1.165) is 15.9 Å². The lowest BCUT2D eigenvalue weighted by molar-refractivity contribution is -0.140. The molecule has 2 bridgehead atoms. The van der Waals surface area contributed by atoms with Crippen molar-refractivity contribution in [2.75, 3.05) is 13.2 Å². The summed E-state index contributed by atoms with van der Waals surface area (Å²) in [7, 11) is 0. The van der Waals surface area contributed by atoms with Crippen LogP contribution in [-0.4, -0.2) is 36.3 Å². The highest BCUT2D eigenvalue weighted by molar-refractivity contribution is 9.10. The molecule has 0 N–H and O–H groups in total. The Morgan fingerprint density at radius 1 is 1.07 bits per heavy atom. The van der Waals surface area contributed by atoms with Crippen LogP contribution in [0.4, 0.5) is 0 Å². The molecular weight excluding hydrogens is 412 g/mol. The Morgan fingerprint density at radius 2 is 1.67 bits per heavy atom. The second kappa shape index (κ2) is 7.11. The van der Waals surface area contributed by atoms with Gasteiger partial charge in [0.1, 0.15) is 11.5 Å². The summed E-state index contributed by atoms with van der Waals surface area (Å²) < 4.78 is 12.0. The van der Waals surface area contributed by atoms with Crippen LogP contribution in [0.3, 0.4) is 0 Å². The molecule has 2 amide bonds. The number of nitrogens with zero attached hydrogens (tertiary/aromatic N) is 2. The smallest absolute Gasteiger partial charge is 0.254 e. The largest absolute Gasteiger partial charge is 0.493 e. The van der Waals surface area contributed by atoms with Crippen molar-refractivity contribution in [3.63, 3.8) is 0 Å². The second-order valence-electron chi connectivity index (χ2n) is 6.92. The van der Waals surface area contributed by atoms with E-state index in [2.05, 4.69) is 33.2 Å². The molecule has 4 rings (SSSR count). The SMILES string of the molecule is CCOc1cc(OCC)c(C=NN2C(=O)C3C4C=CC(C4)C3C2=O)cc1Br. The lowest BCUT2D eigenvalue weighted by Crippen LogP contribution is -2.28. The van der Waals surface area contributed by atoms with Gasteiger partial charge in [0.15, 0.2) is 0 Å². The van der Waals surface area contributed by atoms with E-state index in [0.29, 0.717) is 30.3 Å². The summed E-state index contributed by atoms with van der Waals surface area (Å²) in [5.74, 6) is 0.733. The Labute approximate surface area is 166 Å². The van der Waals surface area contributed by atoms with Gasteiger partial charge in [0, 0.05) is 11.6 Å². The lowest BCUT2D eigenvalue weighted by Gasteiger charge is -2.14. The van der Waals surface area contributed by atoms with E-state index in [-0.39, 0.29) is 35.5 Å². The fourth-order valence-corrected chi connectivity index (χ4v) is 4.79. The molecule has 0 radical (unpaired) electrons. The molecule has 2 aliphatic carbocycles. The maximum Gasteiger partial charge on any atom is 0.254 e. The van der Waals surface area contributed by atoms with Gasteiger partial charge in [-0.2, -0.15) is 10.1 Å². The highest BCUT2D eigenvalue weighted by atomic mass is 79.9. The fourth-order valence-electron chi connectivity index (χ4n) is 4.32. The van der Waals surface area contributed by atoms with Gasteiger partial charge < -0.3 is 9.47 Å². The number of carbonyl (C=O) groups excluding carboxylic acids is 2. The normalized spacial score (nSPS) is 28.5. The van der Waals surface area contributed by atoms with E-state index in [1.807, 2.05) is 19.9 Å². The summed E-state index contributed by atoms with van der Waals surface area (Å²) in [5, 5.41) is 5.28. The average Bonchev–Trinajstić information content (AvgIpc) is 3.32. The molecule has 1 aliphatic heterocycles. The van der Waals surface area contributed by atoms with Crippen molar-refractivity contribution in [1.82, 2.24) is 5.01 Å². The highest BCUT2D eigenvalue weighted by Gasteiger charge is 2.59. The van der Waals surface area contributed by atoms with E-state index < -0.39 is 0 Å². The molecular formula is C20H21BrN2O4. The zero-order chi connectivity index (χ0) is 19.1. The van der Waals surface area contributed by atoms with Gasteiger partial charge in [0.25, 0.3) is 11.8 Å². The van der Waals surface area contributed by atoms with Crippen molar-refractivity contribution in [3.05, 3.63) is 34.3 Å². The number of carbonyl (C=O) groups is 2. The predicted molar refractivity (Wildman–Crippen MR) is 104 cm³/mol. The summed E-state index contributed by atoms with van der Waals surface area (Å²) in [6.07, 6.45) is 6.56. The van der Waals surface area contributed by atoms with Crippen LogP contribution in [0, 0.1) is 23.7 Å². The van der Waals surface area contributed by atoms with Gasteiger partial charge in [-0.15, -0.1) is 0 Å². The number of hydrogen-bond acceptors (Lipinski definition) is 5. The zero-order valence-electron chi connectivity index (χ0n) is 15.2. The first-order chi connectivity index (χ1) is 13.0. The molecule has 7 heteroatoms. The van der Waals surface area contributed by atoms with Gasteiger partial charge in [-0.3, -0.25) is 9.59 Å². The summed E-state index contributed by atoms with van der Waals surface area (Å²) in [4.78, 5) is 25.4. The molecule has 1 saturated carbocycles. The quantitative estimate of drug-likeness (QED) is 0.392. The minimum Gasteiger partial charge on any atom is -0.493 e. The summed E-state index contributed by atoms with van der Waals surface area (Å²) in [5.41, 5.74) is 0.672. The maximum absolute atomic E-state index is 12.7. The van der Waals surface area contributed by atoms with Crippen LogP contribution in [0.15, 0.2) is 33.9 Å². The number of rotatable bonds is 6. The summed E-state index contributed by atoms with van der Waals surface area (Å²) in [6, 6.07) is 3.60. The number of halogens is 1. The summed E-state index contributed by atoms with van der Waals surface area (Å²) in [6.45, 7) is 4.81. The van der Waals surface area contributed by atoms with Gasteiger partial charge >= 0.3 is 0 Å². The standard InChI is InChI=1S/C20H21BrN2O4/c1-3-26-15-9-16(27-4-2)14(21)8-13(15)10-22-23-19(24)17-11-5-6-12(7-11)18(17)20(23)25/h5-6,8-12,17-18H,3-4,7H2,1-2H3. The highest BCUT2D eigenvalue weighted by Crippen LogP contribution is 2.52. The summed E-state index contributed by atoms with van der Waals surface area (Å²) >= 11 is 3.48. The number of allylic oxidation sites excluding steroid dienone is 2. The Balaban J connectivity index is 1.60. The van der Waals surface area contributed by atoms with Gasteiger partial charge in [0.2, 0.25) is 0 Å². The topological polar surface area (TPSA) is 68.2 Å². The molecule has 142 valence electrons. The number of benzene rings is 1. The van der Waals surface area contributed by atoms with E-state index in [1.165, 1.54) is 6.21 Å². The minimum absolute atomic E-state index is 0.176. The molecule has 1 saturated heterocycles. The molecule has 4 atom stereocenters. The number of hydrazone groups is 1. The van der Waals surface area contributed by atoms with Gasteiger partial charge in [-0.1, -0.05) is 12.2 Å². The number of amides is 2. The van der Waals surface area contributed by atoms with Crippen LogP contribution in [0.2, 0.25) is 0 Å². The van der Waals surface area contributed by atoms with Crippen LogP contribution in [0.25, 0.3) is 0 Å². The molecule has 4 unspecified atom stereocenters. The number of fused-ring (bicyclic) bond motifs is 5. The molecule has 1 aromatic carbocycles. The van der Waals surface area contributed by atoms with Crippen molar-refractivity contribution >= 4 is 34.0 Å². The first kappa shape index (κ1) is 18.2. The molecule has 3 aliphatic rings. The number of ether oxygens (including phenoxy) is 2. The lowest BCUT2D eigenvalue weighted by atomic mass is 9.85. The van der Waals surface area contributed by atoms with Crippen molar-refractivity contribution in [3.8, 4) is 11.5 Å². The van der Waals surface area contributed by atoms with Gasteiger partial charge in [0.05, 0.1) is 35.7 Å². The van der Waals surface area contributed by atoms with Gasteiger partial charge in [-0.25, -0.2) is 0 Å². The first-order valence-corrected chi connectivity index (χ1v) is 10.0. The van der Waals surface area contributed by atoms with E-state index in [1.54, 1.807) is 6.07 Å². The van der Waals surface area contributed by atoms with Crippen molar-refractivity contribution in [2.45, 2.75) is 20.3 Å². The van der Waals surface area contributed by atoms with E-state index in [9.17, 15) is 9.59 Å².